The fourth-order valence-electron chi connectivity index (χ4n) is 2.60. The van der Waals surface area contributed by atoms with Crippen LogP contribution in [0.2, 0.25) is 10.0 Å². The number of rotatable bonds is 5. The van der Waals surface area contributed by atoms with E-state index in [-0.39, 0.29) is 12.5 Å². The summed E-state index contributed by atoms with van der Waals surface area (Å²) >= 11 is 12.4. The number of benzene rings is 1. The lowest BCUT2D eigenvalue weighted by Gasteiger charge is -2.21. The molecule has 0 spiro atoms. The van der Waals surface area contributed by atoms with Crippen LogP contribution in [0, 0.1) is 0 Å². The second-order valence-electron chi connectivity index (χ2n) is 5.73. The van der Waals surface area contributed by atoms with Gasteiger partial charge in [0.1, 0.15) is 6.04 Å². The third-order valence-electron chi connectivity index (χ3n) is 3.46. The van der Waals surface area contributed by atoms with Gasteiger partial charge in [0.05, 0.1) is 22.3 Å². The summed E-state index contributed by atoms with van der Waals surface area (Å²) in [7, 11) is 0. The van der Waals surface area contributed by atoms with Crippen molar-refractivity contribution in [2.24, 2.45) is 0 Å². The minimum absolute atomic E-state index is 0.0500. The molecule has 2 atom stereocenters. The zero-order valence-corrected chi connectivity index (χ0v) is 13.9. The van der Waals surface area contributed by atoms with Gasteiger partial charge in [-0.3, -0.25) is 9.69 Å². The van der Waals surface area contributed by atoms with Crippen LogP contribution in [0.1, 0.15) is 25.8 Å². The molecule has 1 fully saturated rings. The molecule has 1 heterocycles. The lowest BCUT2D eigenvalue weighted by Crippen LogP contribution is -2.35. The van der Waals surface area contributed by atoms with Gasteiger partial charge < -0.3 is 14.9 Å². The van der Waals surface area contributed by atoms with Gasteiger partial charge in [0.15, 0.2) is 5.75 Å². The van der Waals surface area contributed by atoms with Gasteiger partial charge in [0, 0.05) is 19.5 Å². The summed E-state index contributed by atoms with van der Waals surface area (Å²) in [5.41, 5.74) is 0.784. The zero-order valence-electron chi connectivity index (χ0n) is 12.4. The molecule has 0 aliphatic carbocycles. The summed E-state index contributed by atoms with van der Waals surface area (Å²) < 4.78 is 5.57. The maximum Gasteiger partial charge on any atom is 0.321 e. The monoisotopic (exact) mass is 347 g/mol. The van der Waals surface area contributed by atoms with Gasteiger partial charge in [0.25, 0.3) is 0 Å². The number of aliphatic hydroxyl groups is 1. The number of hydrogen-bond acceptors (Lipinski definition) is 4. The summed E-state index contributed by atoms with van der Waals surface area (Å²) in [4.78, 5) is 12.9. The molecule has 1 aromatic rings. The van der Waals surface area contributed by atoms with Gasteiger partial charge in [-0.05, 0) is 31.5 Å². The Kier molecular flexibility index (Phi) is 5.55. The molecular weight excluding hydrogens is 329 g/mol. The first kappa shape index (κ1) is 17.3. The van der Waals surface area contributed by atoms with Gasteiger partial charge in [-0.2, -0.15) is 0 Å². The van der Waals surface area contributed by atoms with Crippen molar-refractivity contribution >= 4 is 29.2 Å². The van der Waals surface area contributed by atoms with E-state index in [1.165, 1.54) is 0 Å². The SMILES string of the molecule is CC(C)Oc1c(Cl)cc(CN2C[C@H](O)C[C@H]2C(=O)O)cc1Cl. The molecule has 7 heteroatoms. The highest BCUT2D eigenvalue weighted by molar-refractivity contribution is 6.37. The summed E-state index contributed by atoms with van der Waals surface area (Å²) in [6.07, 6.45) is -0.452. The van der Waals surface area contributed by atoms with Crippen LogP contribution in [0.25, 0.3) is 0 Å². The minimum Gasteiger partial charge on any atom is -0.488 e. The first-order chi connectivity index (χ1) is 10.3. The van der Waals surface area contributed by atoms with Crippen molar-refractivity contribution in [2.75, 3.05) is 6.54 Å². The molecule has 5 nitrogen and oxygen atoms in total. The summed E-state index contributed by atoms with van der Waals surface area (Å²) in [6.45, 7) is 4.43. The molecule has 0 bridgehead atoms. The van der Waals surface area contributed by atoms with Crippen molar-refractivity contribution in [3.63, 3.8) is 0 Å². The Morgan fingerprint density at radius 1 is 1.41 bits per heavy atom. The Bertz CT molecular complexity index is 541. The molecule has 22 heavy (non-hydrogen) atoms. The second-order valence-corrected chi connectivity index (χ2v) is 6.54. The van der Waals surface area contributed by atoms with Crippen LogP contribution in [-0.4, -0.2) is 45.9 Å². The number of halogens is 2. The predicted octanol–water partition coefficient (Wildman–Crippen LogP) is 2.80. The van der Waals surface area contributed by atoms with Crippen LogP contribution in [0.3, 0.4) is 0 Å². The molecule has 0 radical (unpaired) electrons. The average molecular weight is 348 g/mol. The second kappa shape index (κ2) is 7.04. The maximum absolute atomic E-state index is 11.2. The molecule has 0 saturated carbocycles. The highest BCUT2D eigenvalue weighted by Gasteiger charge is 2.35. The fraction of sp³-hybridized carbons (Fsp3) is 0.533. The van der Waals surface area contributed by atoms with E-state index in [1.807, 2.05) is 13.8 Å². The van der Waals surface area contributed by atoms with Crippen LogP contribution < -0.4 is 4.74 Å². The standard InChI is InChI=1S/C15H19Cl2NO4/c1-8(2)22-14-11(16)3-9(4-12(14)17)6-18-7-10(19)5-13(18)15(20)21/h3-4,8,10,13,19H,5-7H2,1-2H3,(H,20,21)/t10-,13+/m1/s1. The molecule has 1 saturated heterocycles. The third kappa shape index (κ3) is 4.04. The Morgan fingerprint density at radius 3 is 2.50 bits per heavy atom. The van der Waals surface area contributed by atoms with Gasteiger partial charge in [-0.25, -0.2) is 0 Å². The first-order valence-corrected chi connectivity index (χ1v) is 7.83. The topological polar surface area (TPSA) is 70.0 Å². The van der Waals surface area contributed by atoms with Crippen LogP contribution >= 0.6 is 23.2 Å². The van der Waals surface area contributed by atoms with Gasteiger partial charge in [-0.15, -0.1) is 0 Å². The van der Waals surface area contributed by atoms with Crippen molar-refractivity contribution in [3.8, 4) is 5.75 Å². The van der Waals surface area contributed by atoms with Crippen LogP contribution in [-0.2, 0) is 11.3 Å². The number of nitrogens with zero attached hydrogens (tertiary/aromatic N) is 1. The van der Waals surface area contributed by atoms with E-state index in [0.29, 0.717) is 28.9 Å². The van der Waals surface area contributed by atoms with Crippen LogP contribution in [0.4, 0.5) is 0 Å². The minimum atomic E-state index is -0.937. The Hall–Kier alpha value is -1.01. The van der Waals surface area contributed by atoms with E-state index in [4.69, 9.17) is 27.9 Å². The van der Waals surface area contributed by atoms with E-state index in [2.05, 4.69) is 0 Å². The Labute approximate surface area is 139 Å². The van der Waals surface area contributed by atoms with E-state index >= 15 is 0 Å². The molecule has 0 unspecified atom stereocenters. The molecule has 122 valence electrons. The number of aliphatic hydroxyl groups excluding tert-OH is 1. The number of hydrogen-bond donors (Lipinski definition) is 2. The predicted molar refractivity (Wildman–Crippen MR) is 84.7 cm³/mol. The molecule has 1 aromatic carbocycles. The fourth-order valence-corrected chi connectivity index (χ4v) is 3.22. The van der Waals surface area contributed by atoms with E-state index in [9.17, 15) is 15.0 Å². The van der Waals surface area contributed by atoms with Crippen LogP contribution in [0.5, 0.6) is 5.75 Å². The smallest absolute Gasteiger partial charge is 0.321 e. The molecule has 2 rings (SSSR count). The highest BCUT2D eigenvalue weighted by Crippen LogP contribution is 2.35. The van der Waals surface area contributed by atoms with Gasteiger partial charge in [-0.1, -0.05) is 23.2 Å². The van der Waals surface area contributed by atoms with Crippen LogP contribution in [0.15, 0.2) is 12.1 Å². The first-order valence-electron chi connectivity index (χ1n) is 7.07. The summed E-state index contributed by atoms with van der Waals surface area (Å²) in [6, 6.07) is 2.74. The Morgan fingerprint density at radius 2 is 2.00 bits per heavy atom. The summed E-state index contributed by atoms with van der Waals surface area (Å²) in [5, 5.41) is 19.7. The molecule has 0 aromatic heterocycles. The number of carboxylic acids is 1. The largest absolute Gasteiger partial charge is 0.488 e. The quantitative estimate of drug-likeness (QED) is 0.856. The molecule has 2 N–H and O–H groups in total. The third-order valence-corrected chi connectivity index (χ3v) is 4.03. The number of β-amino-alcohol motifs (C(OH)–C–C–N with tert-alkyl or cyclic N) is 1. The van der Waals surface area contributed by atoms with Gasteiger partial charge >= 0.3 is 5.97 Å². The highest BCUT2D eigenvalue weighted by atomic mass is 35.5. The molecule has 1 aliphatic heterocycles. The lowest BCUT2D eigenvalue weighted by atomic mass is 10.1. The summed E-state index contributed by atoms with van der Waals surface area (Å²) in [5.74, 6) is -0.508. The van der Waals surface area contributed by atoms with Crippen molar-refractivity contribution in [2.45, 2.75) is 45.1 Å². The zero-order chi connectivity index (χ0) is 16.4. The number of aliphatic carboxylic acids is 1. The average Bonchev–Trinajstić information content (AvgIpc) is 2.75. The van der Waals surface area contributed by atoms with Gasteiger partial charge in [0.2, 0.25) is 0 Å². The van der Waals surface area contributed by atoms with E-state index in [1.54, 1.807) is 17.0 Å². The Balaban J connectivity index is 2.18. The van der Waals surface area contributed by atoms with Crippen molar-refractivity contribution < 1.29 is 19.7 Å². The van der Waals surface area contributed by atoms with E-state index in [0.717, 1.165) is 5.56 Å². The number of ether oxygens (including phenoxy) is 1. The number of carboxylic acid groups (broad SMARTS) is 1. The molecule has 1 aliphatic rings. The number of carbonyl (C=O) groups is 1. The van der Waals surface area contributed by atoms with Crippen molar-refractivity contribution in [3.05, 3.63) is 27.7 Å². The molecular formula is C15H19Cl2NO4. The molecule has 0 amide bonds. The van der Waals surface area contributed by atoms with Crippen molar-refractivity contribution in [1.29, 1.82) is 0 Å². The maximum atomic E-state index is 11.2. The lowest BCUT2D eigenvalue weighted by molar-refractivity contribution is -0.142. The van der Waals surface area contributed by atoms with E-state index < -0.39 is 18.1 Å². The normalized spacial score (nSPS) is 22.3. The van der Waals surface area contributed by atoms with Crippen molar-refractivity contribution in [1.82, 2.24) is 4.90 Å². The number of likely N-dealkylation sites (tertiary alicyclic amines) is 1.